The fourth-order valence-corrected chi connectivity index (χ4v) is 0.634. The lowest BCUT2D eigenvalue weighted by atomic mass is 10.1. The molecule has 6 nitrogen and oxygen atoms in total. The maximum atomic E-state index is 10.5. The van der Waals surface area contributed by atoms with Gasteiger partial charge >= 0.3 is 6.03 Å². The first kappa shape index (κ1) is 12.2. The summed E-state index contributed by atoms with van der Waals surface area (Å²) >= 11 is 0. The Morgan fingerprint density at radius 1 is 1.62 bits per heavy atom. The average molecular weight is 190 g/mol. The highest BCUT2D eigenvalue weighted by Gasteiger charge is 1.98. The Morgan fingerprint density at radius 3 is 2.85 bits per heavy atom. The standard InChI is InChI=1S/C7H18N4O2/c1-3-6(2)4-5-13-11-10-7(12)9-8/h6,11H,3-5,8H2,1-2H3,(H2,9,10,12). The van der Waals surface area contributed by atoms with Crippen molar-refractivity contribution in [3.05, 3.63) is 0 Å². The first-order chi connectivity index (χ1) is 6.20. The van der Waals surface area contributed by atoms with E-state index in [1.165, 1.54) is 0 Å². The third-order valence-electron chi connectivity index (χ3n) is 1.78. The minimum absolute atomic E-state index is 0.538. The number of hydrogen-bond acceptors (Lipinski definition) is 4. The molecule has 1 atom stereocenters. The van der Waals surface area contributed by atoms with E-state index in [1.807, 2.05) is 5.43 Å². The van der Waals surface area contributed by atoms with E-state index in [2.05, 4.69) is 24.9 Å². The zero-order chi connectivity index (χ0) is 10.1. The minimum Gasteiger partial charge on any atom is -0.282 e. The summed E-state index contributed by atoms with van der Waals surface area (Å²) in [5, 5.41) is 0. The minimum atomic E-state index is -0.538. The molecule has 5 N–H and O–H groups in total. The van der Waals surface area contributed by atoms with Gasteiger partial charge in [-0.2, -0.15) is 0 Å². The number of amides is 2. The van der Waals surface area contributed by atoms with Gasteiger partial charge in [-0.15, -0.1) is 5.59 Å². The van der Waals surface area contributed by atoms with Crippen molar-refractivity contribution >= 4 is 6.03 Å². The lowest BCUT2D eigenvalue weighted by Gasteiger charge is -2.09. The Morgan fingerprint density at radius 2 is 2.31 bits per heavy atom. The average Bonchev–Trinajstić information content (AvgIpc) is 2.16. The fourth-order valence-electron chi connectivity index (χ4n) is 0.634. The Kier molecular flexibility index (Phi) is 7.27. The first-order valence-corrected chi connectivity index (χ1v) is 4.34. The van der Waals surface area contributed by atoms with Gasteiger partial charge in [0.05, 0.1) is 6.61 Å². The van der Waals surface area contributed by atoms with Crippen LogP contribution in [0.25, 0.3) is 0 Å². The summed E-state index contributed by atoms with van der Waals surface area (Å²) in [6.07, 6.45) is 2.08. The predicted molar refractivity (Wildman–Crippen MR) is 49.0 cm³/mol. The summed E-state index contributed by atoms with van der Waals surface area (Å²) in [7, 11) is 0. The highest BCUT2D eigenvalue weighted by atomic mass is 16.7. The van der Waals surface area contributed by atoms with Crippen molar-refractivity contribution in [1.82, 2.24) is 16.4 Å². The summed E-state index contributed by atoms with van der Waals surface area (Å²) in [5.74, 6) is 5.43. The van der Waals surface area contributed by atoms with Crippen LogP contribution in [0.3, 0.4) is 0 Å². The molecule has 0 aliphatic heterocycles. The van der Waals surface area contributed by atoms with Crippen molar-refractivity contribution in [2.45, 2.75) is 26.7 Å². The summed E-state index contributed by atoms with van der Waals surface area (Å²) in [4.78, 5) is 15.4. The lowest BCUT2D eigenvalue weighted by molar-refractivity contribution is 0.0126. The van der Waals surface area contributed by atoms with Gasteiger partial charge < -0.3 is 0 Å². The quantitative estimate of drug-likeness (QED) is 0.206. The van der Waals surface area contributed by atoms with Crippen LogP contribution in [0.2, 0.25) is 0 Å². The number of carbonyl (C=O) groups excluding carboxylic acids is 1. The number of hydrogen-bond donors (Lipinski definition) is 4. The van der Waals surface area contributed by atoms with E-state index in [-0.39, 0.29) is 0 Å². The van der Waals surface area contributed by atoms with E-state index in [9.17, 15) is 4.79 Å². The maximum absolute atomic E-state index is 10.5. The van der Waals surface area contributed by atoms with Gasteiger partial charge in [-0.3, -0.25) is 10.3 Å². The van der Waals surface area contributed by atoms with Crippen molar-refractivity contribution in [2.75, 3.05) is 6.61 Å². The topological polar surface area (TPSA) is 88.4 Å². The molecule has 13 heavy (non-hydrogen) atoms. The molecule has 0 saturated carbocycles. The van der Waals surface area contributed by atoms with Crippen molar-refractivity contribution in [3.8, 4) is 0 Å². The second-order valence-corrected chi connectivity index (χ2v) is 2.85. The predicted octanol–water partition coefficient (Wildman–Crippen LogP) is 0.0317. The van der Waals surface area contributed by atoms with Crippen LogP contribution < -0.4 is 22.3 Å². The maximum Gasteiger partial charge on any atom is 0.345 e. The van der Waals surface area contributed by atoms with Crippen LogP contribution in [0, 0.1) is 5.92 Å². The molecule has 0 aromatic rings. The molecular formula is C7H18N4O2. The van der Waals surface area contributed by atoms with Gasteiger partial charge in [-0.25, -0.2) is 16.1 Å². The second kappa shape index (κ2) is 7.78. The SMILES string of the molecule is CCC(C)CCONNC(=O)NN. The van der Waals surface area contributed by atoms with Crippen molar-refractivity contribution in [3.63, 3.8) is 0 Å². The zero-order valence-corrected chi connectivity index (χ0v) is 8.09. The number of nitrogens with one attached hydrogen (secondary N) is 3. The summed E-state index contributed by atoms with van der Waals surface area (Å²) < 4.78 is 0. The largest absolute Gasteiger partial charge is 0.345 e. The van der Waals surface area contributed by atoms with E-state index >= 15 is 0 Å². The highest BCUT2D eigenvalue weighted by Crippen LogP contribution is 2.04. The summed E-state index contributed by atoms with van der Waals surface area (Å²) in [5.41, 5.74) is 6.33. The Hall–Kier alpha value is -0.850. The monoisotopic (exact) mass is 190 g/mol. The van der Waals surface area contributed by atoms with Gasteiger partial charge in [0.25, 0.3) is 0 Å². The molecule has 2 amide bonds. The third-order valence-corrected chi connectivity index (χ3v) is 1.78. The molecule has 6 heteroatoms. The molecule has 0 aliphatic rings. The highest BCUT2D eigenvalue weighted by molar-refractivity contribution is 5.72. The lowest BCUT2D eigenvalue weighted by Crippen LogP contribution is -2.46. The molecule has 0 spiro atoms. The van der Waals surface area contributed by atoms with E-state index in [0.29, 0.717) is 12.5 Å². The molecule has 1 unspecified atom stereocenters. The molecule has 78 valence electrons. The van der Waals surface area contributed by atoms with E-state index in [0.717, 1.165) is 12.8 Å². The Labute approximate surface area is 78.1 Å². The van der Waals surface area contributed by atoms with Crippen molar-refractivity contribution in [1.29, 1.82) is 0 Å². The van der Waals surface area contributed by atoms with Crippen molar-refractivity contribution in [2.24, 2.45) is 11.8 Å². The zero-order valence-electron chi connectivity index (χ0n) is 8.09. The second-order valence-electron chi connectivity index (χ2n) is 2.85. The van der Waals surface area contributed by atoms with Gasteiger partial charge in [-0.05, 0) is 12.3 Å². The normalized spacial score (nSPS) is 12.2. The molecule has 0 aromatic heterocycles. The third kappa shape index (κ3) is 7.51. The van der Waals surface area contributed by atoms with Crippen LogP contribution in [0.5, 0.6) is 0 Å². The van der Waals surface area contributed by atoms with Crippen LogP contribution in [0.4, 0.5) is 4.79 Å². The number of rotatable bonds is 6. The Bertz CT molecular complexity index is 142. The van der Waals surface area contributed by atoms with E-state index < -0.39 is 6.03 Å². The van der Waals surface area contributed by atoms with Gasteiger partial charge in [0.2, 0.25) is 0 Å². The van der Waals surface area contributed by atoms with Crippen LogP contribution >= 0.6 is 0 Å². The molecule has 0 radical (unpaired) electrons. The molecule has 0 bridgehead atoms. The van der Waals surface area contributed by atoms with Crippen LogP contribution in [0.1, 0.15) is 26.7 Å². The molecule has 0 fully saturated rings. The molecule has 0 heterocycles. The van der Waals surface area contributed by atoms with Gasteiger partial charge in [-0.1, -0.05) is 20.3 Å². The van der Waals surface area contributed by atoms with Gasteiger partial charge in [0.1, 0.15) is 0 Å². The number of hydrazine groups is 2. The Balaban J connectivity index is 3.12. The molecule has 0 rings (SSSR count). The number of urea groups is 1. The summed E-state index contributed by atoms with van der Waals surface area (Å²) in [6, 6.07) is -0.538. The van der Waals surface area contributed by atoms with Crippen LogP contribution in [-0.2, 0) is 4.84 Å². The van der Waals surface area contributed by atoms with Gasteiger partial charge in [0.15, 0.2) is 0 Å². The van der Waals surface area contributed by atoms with Crippen LogP contribution in [-0.4, -0.2) is 12.6 Å². The molecular weight excluding hydrogens is 172 g/mol. The van der Waals surface area contributed by atoms with Crippen LogP contribution in [0.15, 0.2) is 0 Å². The number of nitrogens with two attached hydrogens (primary N) is 1. The molecule has 0 aromatic carbocycles. The number of carbonyl (C=O) groups is 1. The smallest absolute Gasteiger partial charge is 0.282 e. The van der Waals surface area contributed by atoms with Crippen molar-refractivity contribution < 1.29 is 9.63 Å². The molecule has 0 saturated heterocycles. The molecule has 0 aliphatic carbocycles. The van der Waals surface area contributed by atoms with Gasteiger partial charge in [0, 0.05) is 0 Å². The summed E-state index contributed by atoms with van der Waals surface area (Å²) in [6.45, 7) is 4.82. The van der Waals surface area contributed by atoms with E-state index in [1.54, 1.807) is 0 Å². The fraction of sp³-hybridized carbons (Fsp3) is 0.857. The first-order valence-electron chi connectivity index (χ1n) is 4.34. The van der Waals surface area contributed by atoms with E-state index in [4.69, 9.17) is 10.7 Å².